The molecule has 0 unspecified atom stereocenters. The molecule has 0 radical (unpaired) electrons. The van der Waals surface area contributed by atoms with E-state index in [1.165, 1.54) is 7.11 Å². The van der Waals surface area contributed by atoms with E-state index in [0.29, 0.717) is 11.4 Å². The first-order chi connectivity index (χ1) is 10.7. The maximum Gasteiger partial charge on any atom is 0.494 e. The van der Waals surface area contributed by atoms with Crippen molar-refractivity contribution < 1.29 is 23.6 Å². The molecule has 126 valence electrons. The van der Waals surface area contributed by atoms with E-state index in [4.69, 9.17) is 18.8 Å². The Morgan fingerprint density at radius 3 is 2.30 bits per heavy atom. The van der Waals surface area contributed by atoms with Gasteiger partial charge in [-0.15, -0.1) is 0 Å². The lowest BCUT2D eigenvalue weighted by atomic mass is 9.79. The number of anilines is 1. The first-order valence-corrected chi connectivity index (χ1v) is 7.52. The van der Waals surface area contributed by atoms with Gasteiger partial charge in [0.05, 0.1) is 24.0 Å². The van der Waals surface area contributed by atoms with Crippen molar-refractivity contribution in [2.24, 2.45) is 0 Å². The molecule has 1 aliphatic heterocycles. The van der Waals surface area contributed by atoms with Crippen LogP contribution in [0.2, 0.25) is 0 Å². The van der Waals surface area contributed by atoms with Crippen molar-refractivity contribution in [1.29, 1.82) is 0 Å². The Bertz CT molecular complexity index is 572. The van der Waals surface area contributed by atoms with Crippen LogP contribution in [-0.4, -0.2) is 45.1 Å². The van der Waals surface area contributed by atoms with Gasteiger partial charge in [0.25, 0.3) is 0 Å². The molecule has 0 saturated carbocycles. The molecule has 1 aromatic rings. The average molecular weight is 321 g/mol. The summed E-state index contributed by atoms with van der Waals surface area (Å²) in [7, 11) is 2.55. The Kier molecular flexibility index (Phi) is 5.03. The number of carbonyl (C=O) groups is 1. The van der Waals surface area contributed by atoms with E-state index in [9.17, 15) is 4.79 Å². The standard InChI is InChI=1S/C16H24BNO5/c1-15(2)16(3,4)23-17(22-15)11-7-8-12(13(9-11)21-6)18-14(19)10-20-5/h7-9H,10H2,1-6H3,(H,18,19). The van der Waals surface area contributed by atoms with Gasteiger partial charge in [0.15, 0.2) is 0 Å². The number of methoxy groups -OCH3 is 2. The number of amides is 1. The molecule has 1 fully saturated rings. The molecule has 0 aromatic heterocycles. The third kappa shape index (κ3) is 3.68. The maximum atomic E-state index is 11.7. The summed E-state index contributed by atoms with van der Waals surface area (Å²) in [5, 5.41) is 2.74. The van der Waals surface area contributed by atoms with Crippen molar-refractivity contribution in [3.05, 3.63) is 18.2 Å². The molecular weight excluding hydrogens is 297 g/mol. The summed E-state index contributed by atoms with van der Waals surface area (Å²) in [6, 6.07) is 5.43. The van der Waals surface area contributed by atoms with Gasteiger partial charge in [-0.2, -0.15) is 0 Å². The zero-order valence-corrected chi connectivity index (χ0v) is 14.6. The fourth-order valence-corrected chi connectivity index (χ4v) is 2.25. The average Bonchev–Trinajstić information content (AvgIpc) is 2.68. The van der Waals surface area contributed by atoms with E-state index in [1.807, 2.05) is 39.8 Å². The topological polar surface area (TPSA) is 66.0 Å². The maximum absolute atomic E-state index is 11.7. The first kappa shape index (κ1) is 17.8. The summed E-state index contributed by atoms with van der Waals surface area (Å²) in [5.74, 6) is 0.302. The number of benzene rings is 1. The van der Waals surface area contributed by atoms with Crippen molar-refractivity contribution >= 4 is 24.2 Å². The van der Waals surface area contributed by atoms with Crippen molar-refractivity contribution in [3.8, 4) is 5.75 Å². The second-order valence-electron chi connectivity index (χ2n) is 6.53. The van der Waals surface area contributed by atoms with E-state index in [1.54, 1.807) is 13.2 Å². The lowest BCUT2D eigenvalue weighted by Gasteiger charge is -2.32. The Hall–Kier alpha value is -1.57. The second kappa shape index (κ2) is 6.51. The highest BCUT2D eigenvalue weighted by molar-refractivity contribution is 6.62. The summed E-state index contributed by atoms with van der Waals surface area (Å²) >= 11 is 0. The molecule has 0 bridgehead atoms. The fraction of sp³-hybridized carbons (Fsp3) is 0.562. The molecule has 7 heteroatoms. The summed E-state index contributed by atoms with van der Waals surface area (Å²) in [5.41, 5.74) is 0.604. The van der Waals surface area contributed by atoms with Crippen LogP contribution in [0.1, 0.15) is 27.7 Å². The van der Waals surface area contributed by atoms with Gasteiger partial charge in [-0.25, -0.2) is 0 Å². The summed E-state index contributed by atoms with van der Waals surface area (Å²) < 4.78 is 22.2. The molecule has 2 rings (SSSR count). The Morgan fingerprint density at radius 1 is 1.17 bits per heavy atom. The number of ether oxygens (including phenoxy) is 2. The van der Waals surface area contributed by atoms with E-state index >= 15 is 0 Å². The van der Waals surface area contributed by atoms with Crippen LogP contribution in [0.4, 0.5) is 5.69 Å². The van der Waals surface area contributed by atoms with Crippen LogP contribution >= 0.6 is 0 Å². The highest BCUT2D eigenvalue weighted by atomic mass is 16.7. The highest BCUT2D eigenvalue weighted by Crippen LogP contribution is 2.37. The van der Waals surface area contributed by atoms with E-state index in [-0.39, 0.29) is 12.5 Å². The third-order valence-electron chi connectivity index (χ3n) is 4.30. The van der Waals surface area contributed by atoms with Gasteiger partial charge in [0, 0.05) is 7.11 Å². The molecule has 1 saturated heterocycles. The van der Waals surface area contributed by atoms with Gasteiger partial charge in [0.2, 0.25) is 5.91 Å². The highest BCUT2D eigenvalue weighted by Gasteiger charge is 2.51. The molecule has 1 amide bonds. The monoisotopic (exact) mass is 321 g/mol. The number of hydrogen-bond acceptors (Lipinski definition) is 5. The van der Waals surface area contributed by atoms with Gasteiger partial charge < -0.3 is 24.1 Å². The molecule has 0 spiro atoms. The molecule has 1 aliphatic rings. The van der Waals surface area contributed by atoms with Crippen molar-refractivity contribution in [3.63, 3.8) is 0 Å². The van der Waals surface area contributed by atoms with E-state index in [2.05, 4.69) is 5.32 Å². The SMILES string of the molecule is COCC(=O)Nc1ccc(B2OC(C)(C)C(C)(C)O2)cc1OC. The zero-order valence-electron chi connectivity index (χ0n) is 14.6. The van der Waals surface area contributed by atoms with Crippen LogP contribution in [0, 0.1) is 0 Å². The van der Waals surface area contributed by atoms with E-state index < -0.39 is 18.3 Å². The minimum Gasteiger partial charge on any atom is -0.495 e. The van der Waals surface area contributed by atoms with Crippen LogP contribution in [-0.2, 0) is 18.8 Å². The first-order valence-electron chi connectivity index (χ1n) is 7.52. The molecule has 0 aliphatic carbocycles. The Balaban J connectivity index is 2.21. The predicted molar refractivity (Wildman–Crippen MR) is 89.2 cm³/mol. The molecule has 6 nitrogen and oxygen atoms in total. The molecular formula is C16H24BNO5. The van der Waals surface area contributed by atoms with Gasteiger partial charge >= 0.3 is 7.12 Å². The van der Waals surface area contributed by atoms with Gasteiger partial charge in [-0.05, 0) is 45.3 Å². The van der Waals surface area contributed by atoms with Gasteiger partial charge in [-0.1, -0.05) is 6.07 Å². The number of hydrogen-bond donors (Lipinski definition) is 1. The number of carbonyl (C=O) groups excluding carboxylic acids is 1. The smallest absolute Gasteiger partial charge is 0.494 e. The van der Waals surface area contributed by atoms with Crippen LogP contribution in [0.5, 0.6) is 5.75 Å². The normalized spacial score (nSPS) is 18.8. The number of rotatable bonds is 5. The third-order valence-corrected chi connectivity index (χ3v) is 4.30. The Morgan fingerprint density at radius 2 is 1.78 bits per heavy atom. The summed E-state index contributed by atoms with van der Waals surface area (Å²) in [6.07, 6.45) is 0. The van der Waals surface area contributed by atoms with Gasteiger partial charge in [0.1, 0.15) is 12.4 Å². The number of nitrogens with one attached hydrogen (secondary N) is 1. The zero-order chi connectivity index (χ0) is 17.3. The summed E-state index contributed by atoms with van der Waals surface area (Å²) in [6.45, 7) is 8.00. The fourth-order valence-electron chi connectivity index (χ4n) is 2.25. The molecule has 23 heavy (non-hydrogen) atoms. The van der Waals surface area contributed by atoms with Crippen molar-refractivity contribution in [1.82, 2.24) is 0 Å². The minimum absolute atomic E-state index is 0.0118. The van der Waals surface area contributed by atoms with Crippen LogP contribution < -0.4 is 15.5 Å². The predicted octanol–water partition coefficient (Wildman–Crippen LogP) is 1.58. The lowest BCUT2D eigenvalue weighted by Crippen LogP contribution is -2.41. The molecule has 0 atom stereocenters. The Labute approximate surface area is 137 Å². The molecule has 1 aromatic carbocycles. The lowest BCUT2D eigenvalue weighted by molar-refractivity contribution is -0.119. The quantitative estimate of drug-likeness (QED) is 0.834. The van der Waals surface area contributed by atoms with Crippen molar-refractivity contribution in [2.45, 2.75) is 38.9 Å². The minimum atomic E-state index is -0.474. The van der Waals surface area contributed by atoms with E-state index in [0.717, 1.165) is 5.46 Å². The van der Waals surface area contributed by atoms with Crippen molar-refractivity contribution in [2.75, 3.05) is 26.1 Å². The van der Waals surface area contributed by atoms with Gasteiger partial charge in [-0.3, -0.25) is 4.79 Å². The molecule has 1 N–H and O–H groups in total. The molecule has 1 heterocycles. The van der Waals surface area contributed by atoms with Crippen LogP contribution in [0.3, 0.4) is 0 Å². The summed E-state index contributed by atoms with van der Waals surface area (Å²) in [4.78, 5) is 11.7. The second-order valence-corrected chi connectivity index (χ2v) is 6.53. The van der Waals surface area contributed by atoms with Crippen LogP contribution in [0.15, 0.2) is 18.2 Å². The van der Waals surface area contributed by atoms with Crippen LogP contribution in [0.25, 0.3) is 0 Å². The largest absolute Gasteiger partial charge is 0.495 e.